The van der Waals surface area contributed by atoms with Gasteiger partial charge in [0.1, 0.15) is 5.75 Å². The first kappa shape index (κ1) is 24.0. The lowest BCUT2D eigenvalue weighted by atomic mass is 9.94. The molecule has 0 spiro atoms. The van der Waals surface area contributed by atoms with Crippen molar-refractivity contribution in [3.8, 4) is 17.2 Å². The van der Waals surface area contributed by atoms with E-state index in [1.165, 1.54) is 12.7 Å². The van der Waals surface area contributed by atoms with Crippen molar-refractivity contribution in [2.24, 2.45) is 0 Å². The van der Waals surface area contributed by atoms with Gasteiger partial charge in [0.2, 0.25) is 6.79 Å². The van der Waals surface area contributed by atoms with Crippen molar-refractivity contribution in [3.05, 3.63) is 64.9 Å². The number of methoxy groups -OCH3 is 2. The lowest BCUT2D eigenvalue weighted by Gasteiger charge is -2.37. The normalized spacial score (nSPS) is 20.1. The molecule has 2 aromatic carbocycles. The predicted molar refractivity (Wildman–Crippen MR) is 131 cm³/mol. The van der Waals surface area contributed by atoms with Crippen molar-refractivity contribution in [2.75, 3.05) is 53.7 Å². The highest BCUT2D eigenvalue weighted by atomic mass is 16.7. The molecule has 0 bridgehead atoms. The monoisotopic (exact) mass is 494 g/mol. The molecule has 10 nitrogen and oxygen atoms in total. The first-order valence-corrected chi connectivity index (χ1v) is 11.9. The number of esters is 1. The van der Waals surface area contributed by atoms with E-state index in [0.717, 1.165) is 49.8 Å². The molecule has 2 aromatic rings. The minimum Gasteiger partial charge on any atom is -0.497 e. The van der Waals surface area contributed by atoms with Gasteiger partial charge in [-0.05, 0) is 35.4 Å². The molecular weight excluding hydrogens is 464 g/mol. The second-order valence-corrected chi connectivity index (χ2v) is 8.93. The maximum absolute atomic E-state index is 12.9. The summed E-state index contributed by atoms with van der Waals surface area (Å²) in [5, 5.41) is 5.71. The zero-order valence-corrected chi connectivity index (χ0v) is 20.4. The van der Waals surface area contributed by atoms with Gasteiger partial charge in [0.15, 0.2) is 11.5 Å². The van der Waals surface area contributed by atoms with Crippen molar-refractivity contribution in [1.82, 2.24) is 20.4 Å². The Kier molecular flexibility index (Phi) is 6.97. The fourth-order valence-corrected chi connectivity index (χ4v) is 4.79. The van der Waals surface area contributed by atoms with Crippen LogP contribution >= 0.6 is 0 Å². The van der Waals surface area contributed by atoms with Crippen LogP contribution in [0.3, 0.4) is 0 Å². The van der Waals surface area contributed by atoms with E-state index in [2.05, 4.69) is 26.5 Å². The number of carbonyl (C=O) groups is 2. The molecule has 1 saturated heterocycles. The van der Waals surface area contributed by atoms with E-state index in [9.17, 15) is 9.59 Å². The predicted octanol–water partition coefficient (Wildman–Crippen LogP) is 2.02. The summed E-state index contributed by atoms with van der Waals surface area (Å²) in [4.78, 5) is 30.0. The zero-order chi connectivity index (χ0) is 25.1. The molecule has 36 heavy (non-hydrogen) atoms. The number of hydrogen-bond donors (Lipinski definition) is 2. The fraction of sp³-hybridized carbons (Fsp3) is 0.385. The quantitative estimate of drug-likeness (QED) is 0.564. The van der Waals surface area contributed by atoms with Gasteiger partial charge in [-0.2, -0.15) is 0 Å². The molecule has 2 amide bonds. The third-order valence-electron chi connectivity index (χ3n) is 6.68. The zero-order valence-electron chi connectivity index (χ0n) is 20.4. The van der Waals surface area contributed by atoms with Crippen molar-refractivity contribution < 1.29 is 28.5 Å². The van der Waals surface area contributed by atoms with Gasteiger partial charge in [-0.25, -0.2) is 9.59 Å². The third-order valence-corrected chi connectivity index (χ3v) is 6.68. The van der Waals surface area contributed by atoms with E-state index < -0.39 is 12.0 Å². The van der Waals surface area contributed by atoms with Crippen molar-refractivity contribution in [1.29, 1.82) is 0 Å². The number of hydrogen-bond acceptors (Lipinski definition) is 8. The summed E-state index contributed by atoms with van der Waals surface area (Å²) in [6.07, 6.45) is 0. The van der Waals surface area contributed by atoms with E-state index >= 15 is 0 Å². The molecule has 0 saturated carbocycles. The Balaban J connectivity index is 1.28. The number of ether oxygens (including phenoxy) is 4. The van der Waals surface area contributed by atoms with Gasteiger partial charge in [-0.15, -0.1) is 0 Å². The van der Waals surface area contributed by atoms with Crippen LogP contribution < -0.4 is 24.8 Å². The Morgan fingerprint density at radius 2 is 1.75 bits per heavy atom. The minimum atomic E-state index is -0.636. The molecule has 0 aromatic heterocycles. The number of rotatable bonds is 7. The van der Waals surface area contributed by atoms with Gasteiger partial charge in [0, 0.05) is 45.0 Å². The number of fused-ring (bicyclic) bond motifs is 1. The van der Waals surface area contributed by atoms with Gasteiger partial charge in [0.05, 0.1) is 25.8 Å². The Morgan fingerprint density at radius 1 is 1.00 bits per heavy atom. The maximum Gasteiger partial charge on any atom is 0.338 e. The van der Waals surface area contributed by atoms with Crippen LogP contribution in [0.5, 0.6) is 17.2 Å². The highest BCUT2D eigenvalue weighted by Crippen LogP contribution is 2.33. The molecule has 190 valence electrons. The van der Waals surface area contributed by atoms with Crippen LogP contribution in [0, 0.1) is 0 Å². The van der Waals surface area contributed by atoms with Crippen LogP contribution in [0.4, 0.5) is 4.79 Å². The third kappa shape index (κ3) is 5.09. The summed E-state index contributed by atoms with van der Waals surface area (Å²) >= 11 is 0. The average Bonchev–Trinajstić information content (AvgIpc) is 3.37. The Bertz CT molecular complexity index is 1170. The minimum absolute atomic E-state index is 0.269. The Hall–Kier alpha value is -3.76. The van der Waals surface area contributed by atoms with E-state index in [1.807, 2.05) is 36.4 Å². The summed E-state index contributed by atoms with van der Waals surface area (Å²) in [6, 6.07) is 12.4. The number of carbonyl (C=O) groups excluding carboxylic acids is 2. The average molecular weight is 495 g/mol. The molecule has 3 aliphatic heterocycles. The molecule has 3 heterocycles. The fourth-order valence-electron chi connectivity index (χ4n) is 4.79. The Morgan fingerprint density at radius 3 is 2.50 bits per heavy atom. The number of urea groups is 1. The molecule has 1 atom stereocenters. The summed E-state index contributed by atoms with van der Waals surface area (Å²) in [5.41, 5.74) is 2.88. The lowest BCUT2D eigenvalue weighted by Crippen LogP contribution is -2.51. The van der Waals surface area contributed by atoms with Gasteiger partial charge >= 0.3 is 12.0 Å². The van der Waals surface area contributed by atoms with Crippen LogP contribution in [0.1, 0.15) is 17.2 Å². The highest BCUT2D eigenvalue weighted by Gasteiger charge is 2.34. The molecule has 1 fully saturated rings. The number of piperazine rings is 1. The van der Waals surface area contributed by atoms with Gasteiger partial charge in [0.25, 0.3) is 0 Å². The molecule has 2 N–H and O–H groups in total. The second kappa shape index (κ2) is 10.5. The maximum atomic E-state index is 12.9. The second-order valence-electron chi connectivity index (χ2n) is 8.93. The van der Waals surface area contributed by atoms with Crippen LogP contribution in [0.25, 0.3) is 0 Å². The Labute approximate surface area is 209 Å². The molecule has 0 unspecified atom stereocenters. The number of nitrogens with one attached hydrogen (secondary N) is 2. The van der Waals surface area contributed by atoms with Gasteiger partial charge in [-0.3, -0.25) is 9.80 Å². The highest BCUT2D eigenvalue weighted by molar-refractivity contribution is 5.95. The molecule has 3 aliphatic rings. The van der Waals surface area contributed by atoms with Crippen LogP contribution in [0.15, 0.2) is 53.7 Å². The first-order valence-electron chi connectivity index (χ1n) is 11.9. The largest absolute Gasteiger partial charge is 0.497 e. The smallest absolute Gasteiger partial charge is 0.338 e. The summed E-state index contributed by atoms with van der Waals surface area (Å²) in [5.74, 6) is 1.74. The molecular formula is C26H30N4O6. The number of nitrogens with zero attached hydrogens (tertiary/aromatic N) is 2. The van der Waals surface area contributed by atoms with Crippen molar-refractivity contribution >= 4 is 12.0 Å². The van der Waals surface area contributed by atoms with Crippen molar-refractivity contribution in [3.63, 3.8) is 0 Å². The molecule has 0 radical (unpaired) electrons. The van der Waals surface area contributed by atoms with Gasteiger partial charge < -0.3 is 29.6 Å². The van der Waals surface area contributed by atoms with Crippen molar-refractivity contribution in [2.45, 2.75) is 12.6 Å². The van der Waals surface area contributed by atoms with Gasteiger partial charge in [-0.1, -0.05) is 18.2 Å². The van der Waals surface area contributed by atoms with E-state index in [0.29, 0.717) is 23.6 Å². The van der Waals surface area contributed by atoms with E-state index in [-0.39, 0.29) is 12.8 Å². The summed E-state index contributed by atoms with van der Waals surface area (Å²) in [6.45, 7) is 4.85. The molecule has 5 rings (SSSR count). The topological polar surface area (TPSA) is 102 Å². The number of amides is 2. The summed E-state index contributed by atoms with van der Waals surface area (Å²) in [7, 11) is 2.93. The van der Waals surface area contributed by atoms with E-state index in [1.54, 1.807) is 7.11 Å². The first-order chi connectivity index (χ1) is 17.5. The van der Waals surface area contributed by atoms with Crippen LogP contribution in [0.2, 0.25) is 0 Å². The lowest BCUT2D eigenvalue weighted by molar-refractivity contribution is -0.136. The standard InChI is InChI=1S/C26H30N4O6/c1-33-19-5-3-4-18(13-19)24-23(25(31)34-2)20(27-26(32)28-24)15-30-10-8-29(9-11-30)14-17-6-7-21-22(12-17)36-16-35-21/h3-7,12-13,24H,8-11,14-16H2,1-2H3,(H2,27,28,32)/t24-/m1/s1. The number of benzene rings is 2. The summed E-state index contributed by atoms with van der Waals surface area (Å²) < 4.78 is 21.3. The van der Waals surface area contributed by atoms with Crippen LogP contribution in [-0.4, -0.2) is 75.5 Å². The molecule has 10 heteroatoms. The van der Waals surface area contributed by atoms with E-state index in [4.69, 9.17) is 18.9 Å². The SMILES string of the molecule is COC(=O)C1=C(CN2CCN(Cc3ccc4c(c3)OCO4)CC2)NC(=O)N[C@@H]1c1cccc(OC)c1. The molecule has 0 aliphatic carbocycles. The van der Waals surface area contributed by atoms with Crippen LogP contribution in [-0.2, 0) is 16.1 Å².